The van der Waals surface area contributed by atoms with Crippen molar-refractivity contribution in [1.82, 2.24) is 10.2 Å². The molecule has 1 aromatic carbocycles. The Labute approximate surface area is 128 Å². The average Bonchev–Trinajstić information content (AvgIpc) is 2.48. The van der Waals surface area contributed by atoms with Crippen LogP contribution in [0.3, 0.4) is 0 Å². The number of benzene rings is 1. The van der Waals surface area contributed by atoms with E-state index in [0.717, 1.165) is 32.7 Å². The second-order valence-corrected chi connectivity index (χ2v) is 6.62. The van der Waals surface area contributed by atoms with E-state index in [4.69, 9.17) is 0 Å². The van der Waals surface area contributed by atoms with Gasteiger partial charge in [0, 0.05) is 44.5 Å². The van der Waals surface area contributed by atoms with Gasteiger partial charge in [-0.25, -0.2) is 0 Å². The first kappa shape index (κ1) is 16.3. The number of aliphatic hydroxyl groups excluding tert-OH is 1. The molecule has 1 saturated heterocycles. The third-order valence-electron chi connectivity index (χ3n) is 4.05. The highest BCUT2D eigenvalue weighted by atomic mass is 16.3. The molecule has 0 saturated carbocycles. The highest BCUT2D eigenvalue weighted by Gasteiger charge is 2.28. The van der Waals surface area contributed by atoms with Gasteiger partial charge in [-0.15, -0.1) is 0 Å². The smallest absolute Gasteiger partial charge is 0.0623 e. The van der Waals surface area contributed by atoms with Crippen LogP contribution in [0.25, 0.3) is 0 Å². The van der Waals surface area contributed by atoms with E-state index in [-0.39, 0.29) is 12.1 Å². The summed E-state index contributed by atoms with van der Waals surface area (Å²) in [6, 6.07) is 11.0. The van der Waals surface area contributed by atoms with Crippen LogP contribution in [0.5, 0.6) is 0 Å². The number of para-hydroxylation sites is 1. The molecule has 4 nitrogen and oxygen atoms in total. The molecule has 2 N–H and O–H groups in total. The van der Waals surface area contributed by atoms with E-state index in [2.05, 4.69) is 66.2 Å². The van der Waals surface area contributed by atoms with Gasteiger partial charge in [-0.1, -0.05) is 32.0 Å². The minimum absolute atomic E-state index is 0.171. The van der Waals surface area contributed by atoms with E-state index in [1.165, 1.54) is 5.69 Å². The highest BCUT2D eigenvalue weighted by molar-refractivity contribution is 5.46. The SMILES string of the molecule is CC(C)NC(C)(CO)CN1CCN(c2ccccc2)CC1. The van der Waals surface area contributed by atoms with Gasteiger partial charge in [0.1, 0.15) is 0 Å². The lowest BCUT2D eigenvalue weighted by molar-refractivity contribution is 0.110. The van der Waals surface area contributed by atoms with Crippen LogP contribution in [-0.4, -0.2) is 60.9 Å². The predicted molar refractivity (Wildman–Crippen MR) is 88.9 cm³/mol. The van der Waals surface area contributed by atoms with Gasteiger partial charge in [-0.05, 0) is 19.1 Å². The Morgan fingerprint density at radius 1 is 1.14 bits per heavy atom. The summed E-state index contributed by atoms with van der Waals surface area (Å²) in [7, 11) is 0. The first-order valence-electron chi connectivity index (χ1n) is 7.93. The fourth-order valence-corrected chi connectivity index (χ4v) is 3.13. The van der Waals surface area contributed by atoms with Crippen LogP contribution in [0, 0.1) is 0 Å². The number of nitrogens with one attached hydrogen (secondary N) is 1. The van der Waals surface area contributed by atoms with Crippen molar-refractivity contribution in [3.8, 4) is 0 Å². The molecule has 0 radical (unpaired) electrons. The molecule has 21 heavy (non-hydrogen) atoms. The third kappa shape index (κ3) is 4.70. The summed E-state index contributed by atoms with van der Waals surface area (Å²) in [5.74, 6) is 0. The monoisotopic (exact) mass is 291 g/mol. The summed E-state index contributed by atoms with van der Waals surface area (Å²) in [6.45, 7) is 11.6. The molecule has 1 aliphatic heterocycles. The Morgan fingerprint density at radius 3 is 2.29 bits per heavy atom. The van der Waals surface area contributed by atoms with Gasteiger partial charge in [-0.2, -0.15) is 0 Å². The molecule has 1 aromatic rings. The van der Waals surface area contributed by atoms with Gasteiger partial charge in [0.2, 0.25) is 0 Å². The van der Waals surface area contributed by atoms with Gasteiger partial charge in [0.15, 0.2) is 0 Å². The number of hydrogen-bond donors (Lipinski definition) is 2. The average molecular weight is 291 g/mol. The molecule has 1 heterocycles. The highest BCUT2D eigenvalue weighted by Crippen LogP contribution is 2.17. The largest absolute Gasteiger partial charge is 0.394 e. The quantitative estimate of drug-likeness (QED) is 0.834. The molecule has 0 spiro atoms. The summed E-state index contributed by atoms with van der Waals surface area (Å²) >= 11 is 0. The Morgan fingerprint density at radius 2 is 1.76 bits per heavy atom. The van der Waals surface area contributed by atoms with Crippen LogP contribution in [0.1, 0.15) is 20.8 Å². The maximum atomic E-state index is 9.70. The number of piperazine rings is 1. The van der Waals surface area contributed by atoms with Crippen molar-refractivity contribution in [3.05, 3.63) is 30.3 Å². The number of hydrogen-bond acceptors (Lipinski definition) is 4. The zero-order valence-corrected chi connectivity index (χ0v) is 13.5. The zero-order chi connectivity index (χ0) is 15.3. The molecule has 0 aliphatic carbocycles. The number of nitrogens with zero attached hydrogens (tertiary/aromatic N) is 2. The van der Waals surface area contributed by atoms with Crippen LogP contribution < -0.4 is 10.2 Å². The molecule has 0 bridgehead atoms. The number of aliphatic hydroxyl groups is 1. The van der Waals surface area contributed by atoms with E-state index in [9.17, 15) is 5.11 Å². The van der Waals surface area contributed by atoms with E-state index < -0.39 is 0 Å². The lowest BCUT2D eigenvalue weighted by Gasteiger charge is -2.41. The van der Waals surface area contributed by atoms with Gasteiger partial charge in [-0.3, -0.25) is 4.90 Å². The first-order valence-corrected chi connectivity index (χ1v) is 7.93. The fourth-order valence-electron chi connectivity index (χ4n) is 3.13. The molecule has 1 atom stereocenters. The van der Waals surface area contributed by atoms with E-state index in [1.807, 2.05) is 0 Å². The molecule has 4 heteroatoms. The van der Waals surface area contributed by atoms with E-state index in [0.29, 0.717) is 6.04 Å². The Bertz CT molecular complexity index is 415. The first-order chi connectivity index (χ1) is 10.0. The van der Waals surface area contributed by atoms with Crippen molar-refractivity contribution < 1.29 is 5.11 Å². The van der Waals surface area contributed by atoms with Crippen molar-refractivity contribution in [2.24, 2.45) is 0 Å². The van der Waals surface area contributed by atoms with Gasteiger partial charge < -0.3 is 15.3 Å². The summed E-state index contributed by atoms with van der Waals surface area (Å²) in [5, 5.41) is 13.2. The molecule has 1 fully saturated rings. The topological polar surface area (TPSA) is 38.7 Å². The zero-order valence-electron chi connectivity index (χ0n) is 13.5. The molecular formula is C17H29N3O. The maximum Gasteiger partial charge on any atom is 0.0623 e. The van der Waals surface area contributed by atoms with Crippen molar-refractivity contribution in [2.75, 3.05) is 44.2 Å². The molecule has 118 valence electrons. The maximum absolute atomic E-state index is 9.70. The second kappa shape index (κ2) is 7.25. The van der Waals surface area contributed by atoms with E-state index in [1.54, 1.807) is 0 Å². The fraction of sp³-hybridized carbons (Fsp3) is 0.647. The molecular weight excluding hydrogens is 262 g/mol. The Kier molecular flexibility index (Phi) is 5.62. The number of rotatable bonds is 6. The van der Waals surface area contributed by atoms with Crippen LogP contribution in [0.2, 0.25) is 0 Å². The summed E-state index contributed by atoms with van der Waals surface area (Å²) in [6.07, 6.45) is 0. The molecule has 0 amide bonds. The lowest BCUT2D eigenvalue weighted by atomic mass is 10.0. The van der Waals surface area contributed by atoms with Crippen molar-refractivity contribution in [3.63, 3.8) is 0 Å². The molecule has 1 aliphatic rings. The Hall–Kier alpha value is -1.10. The normalized spacial score (nSPS) is 19.8. The minimum atomic E-state index is -0.219. The van der Waals surface area contributed by atoms with Crippen LogP contribution in [0.15, 0.2) is 30.3 Å². The van der Waals surface area contributed by atoms with Crippen molar-refractivity contribution in [1.29, 1.82) is 0 Å². The Balaban J connectivity index is 1.86. The third-order valence-corrected chi connectivity index (χ3v) is 4.05. The van der Waals surface area contributed by atoms with Gasteiger partial charge in [0.05, 0.1) is 12.1 Å². The molecule has 0 aromatic heterocycles. The van der Waals surface area contributed by atoms with Crippen LogP contribution in [0.4, 0.5) is 5.69 Å². The lowest BCUT2D eigenvalue weighted by Crippen LogP contribution is -2.59. The van der Waals surface area contributed by atoms with Crippen molar-refractivity contribution >= 4 is 5.69 Å². The standard InChI is InChI=1S/C17H29N3O/c1-15(2)18-17(3,14-21)13-19-9-11-20(12-10-19)16-7-5-4-6-8-16/h4-8,15,18,21H,9-14H2,1-3H3. The molecule has 2 rings (SSSR count). The summed E-state index contributed by atoms with van der Waals surface area (Å²) in [5.41, 5.74) is 1.09. The van der Waals surface area contributed by atoms with E-state index >= 15 is 0 Å². The van der Waals surface area contributed by atoms with Crippen LogP contribution in [-0.2, 0) is 0 Å². The second-order valence-electron chi connectivity index (χ2n) is 6.62. The predicted octanol–water partition coefficient (Wildman–Crippen LogP) is 1.56. The summed E-state index contributed by atoms with van der Waals surface area (Å²) in [4.78, 5) is 4.88. The van der Waals surface area contributed by atoms with Gasteiger partial charge >= 0.3 is 0 Å². The van der Waals surface area contributed by atoms with Crippen LogP contribution >= 0.6 is 0 Å². The minimum Gasteiger partial charge on any atom is -0.394 e. The molecule has 1 unspecified atom stereocenters. The number of anilines is 1. The van der Waals surface area contributed by atoms with Gasteiger partial charge in [0.25, 0.3) is 0 Å². The van der Waals surface area contributed by atoms with Crippen molar-refractivity contribution in [2.45, 2.75) is 32.4 Å². The summed E-state index contributed by atoms with van der Waals surface area (Å²) < 4.78 is 0.